The van der Waals surface area contributed by atoms with Crippen molar-refractivity contribution in [2.45, 2.75) is 6.54 Å². The summed E-state index contributed by atoms with van der Waals surface area (Å²) in [6, 6.07) is 10.3. The maximum absolute atomic E-state index is 10.9. The second-order valence-electron chi connectivity index (χ2n) is 4.00. The number of pyridine rings is 1. The molecule has 2 aromatic rings. The summed E-state index contributed by atoms with van der Waals surface area (Å²) in [4.78, 5) is 15.0. The molecule has 2 N–H and O–H groups in total. The first-order valence-corrected chi connectivity index (χ1v) is 6.51. The van der Waals surface area contributed by atoms with E-state index in [-0.39, 0.29) is 5.56 Å². The zero-order valence-corrected chi connectivity index (χ0v) is 11.9. The molecule has 1 aromatic heterocycles. The number of anilines is 1. The number of hydrogen-bond donors (Lipinski definition) is 2. The van der Waals surface area contributed by atoms with Crippen LogP contribution < -0.4 is 5.32 Å². The highest BCUT2D eigenvalue weighted by Crippen LogP contribution is 2.21. The molecule has 0 aliphatic rings. The molecule has 0 fully saturated rings. The Labute approximate surface area is 124 Å². The largest absolute Gasteiger partial charge is 0.478 e. The van der Waals surface area contributed by atoms with Crippen molar-refractivity contribution in [3.8, 4) is 6.07 Å². The first kappa shape index (κ1) is 14.0. The third-order valence-corrected chi connectivity index (χ3v) is 3.12. The van der Waals surface area contributed by atoms with Gasteiger partial charge in [0.05, 0.1) is 29.1 Å². The van der Waals surface area contributed by atoms with E-state index in [1.807, 2.05) is 0 Å². The lowest BCUT2D eigenvalue weighted by molar-refractivity contribution is 0.0696. The topological polar surface area (TPSA) is 86.0 Å². The first-order chi connectivity index (χ1) is 9.60. The summed E-state index contributed by atoms with van der Waals surface area (Å²) in [6.07, 6.45) is 1.45. The number of aromatic carboxylic acids is 1. The highest BCUT2D eigenvalue weighted by molar-refractivity contribution is 9.10. The van der Waals surface area contributed by atoms with Gasteiger partial charge in [-0.05, 0) is 30.3 Å². The molecule has 0 saturated heterocycles. The lowest BCUT2D eigenvalue weighted by Crippen LogP contribution is -2.05. The lowest BCUT2D eigenvalue weighted by atomic mass is 10.2. The summed E-state index contributed by atoms with van der Waals surface area (Å²) < 4.78 is 0.853. The Kier molecular flexibility index (Phi) is 4.33. The molecule has 0 aliphatic carbocycles. The summed E-state index contributed by atoms with van der Waals surface area (Å²) >= 11 is 3.34. The predicted molar refractivity (Wildman–Crippen MR) is 77.4 cm³/mol. The SMILES string of the molecule is N#Cc1ccc(Br)cc1NCc1cc(C(=O)O)ccn1. The summed E-state index contributed by atoms with van der Waals surface area (Å²) in [5.41, 5.74) is 1.97. The second-order valence-corrected chi connectivity index (χ2v) is 4.91. The molecular weight excluding hydrogens is 322 g/mol. The molecule has 0 amide bonds. The number of carboxylic acids is 1. The maximum atomic E-state index is 10.9. The van der Waals surface area contributed by atoms with Crippen molar-refractivity contribution in [2.24, 2.45) is 0 Å². The first-order valence-electron chi connectivity index (χ1n) is 5.72. The minimum absolute atomic E-state index is 0.187. The minimum Gasteiger partial charge on any atom is -0.478 e. The van der Waals surface area contributed by atoms with Gasteiger partial charge >= 0.3 is 5.97 Å². The van der Waals surface area contributed by atoms with Crippen LogP contribution in [0.5, 0.6) is 0 Å². The van der Waals surface area contributed by atoms with Crippen molar-refractivity contribution in [2.75, 3.05) is 5.32 Å². The number of carbonyl (C=O) groups is 1. The number of benzene rings is 1. The van der Waals surface area contributed by atoms with E-state index < -0.39 is 5.97 Å². The molecule has 0 saturated carbocycles. The van der Waals surface area contributed by atoms with Gasteiger partial charge in [-0.2, -0.15) is 5.26 Å². The molecule has 0 unspecified atom stereocenters. The Morgan fingerprint density at radius 2 is 2.20 bits per heavy atom. The van der Waals surface area contributed by atoms with Gasteiger partial charge in [0.2, 0.25) is 0 Å². The Hall–Kier alpha value is -2.39. The van der Waals surface area contributed by atoms with Crippen molar-refractivity contribution in [3.05, 3.63) is 57.8 Å². The lowest BCUT2D eigenvalue weighted by Gasteiger charge is -2.08. The summed E-state index contributed by atoms with van der Waals surface area (Å²) in [6.45, 7) is 0.340. The van der Waals surface area contributed by atoms with Gasteiger partial charge in [-0.3, -0.25) is 4.98 Å². The van der Waals surface area contributed by atoms with E-state index in [1.165, 1.54) is 18.3 Å². The van der Waals surface area contributed by atoms with Crippen LogP contribution in [0.2, 0.25) is 0 Å². The number of carboxylic acid groups (broad SMARTS) is 1. The number of halogens is 1. The number of rotatable bonds is 4. The summed E-state index contributed by atoms with van der Waals surface area (Å²) in [5.74, 6) is -0.992. The Morgan fingerprint density at radius 3 is 2.90 bits per heavy atom. The fourth-order valence-corrected chi connectivity index (χ4v) is 2.01. The molecule has 1 aromatic carbocycles. The Morgan fingerprint density at radius 1 is 1.40 bits per heavy atom. The van der Waals surface area contributed by atoms with Gasteiger partial charge in [0, 0.05) is 10.7 Å². The number of nitriles is 1. The average Bonchev–Trinajstić information content (AvgIpc) is 2.45. The number of nitrogens with one attached hydrogen (secondary N) is 1. The fourth-order valence-electron chi connectivity index (χ4n) is 1.65. The summed E-state index contributed by atoms with van der Waals surface area (Å²) in [5, 5.41) is 21.0. The highest BCUT2D eigenvalue weighted by atomic mass is 79.9. The highest BCUT2D eigenvalue weighted by Gasteiger charge is 2.06. The van der Waals surface area contributed by atoms with Crippen LogP contribution in [0, 0.1) is 11.3 Å². The van der Waals surface area contributed by atoms with Gasteiger partial charge in [0.15, 0.2) is 0 Å². The minimum atomic E-state index is -0.992. The number of aromatic nitrogens is 1. The number of hydrogen-bond acceptors (Lipinski definition) is 4. The maximum Gasteiger partial charge on any atom is 0.335 e. The van der Waals surface area contributed by atoms with Crippen LogP contribution in [-0.2, 0) is 6.54 Å². The van der Waals surface area contributed by atoms with Crippen molar-refractivity contribution in [3.63, 3.8) is 0 Å². The van der Waals surface area contributed by atoms with Gasteiger partial charge in [-0.1, -0.05) is 15.9 Å². The summed E-state index contributed by atoms with van der Waals surface area (Å²) in [7, 11) is 0. The molecule has 2 rings (SSSR count). The van der Waals surface area contributed by atoms with Crippen LogP contribution in [-0.4, -0.2) is 16.1 Å². The molecule has 0 spiro atoms. The standard InChI is InChI=1S/C14H10BrN3O2/c15-11-2-1-10(7-16)13(6-11)18-8-12-5-9(14(19)20)3-4-17-12/h1-6,18H,8H2,(H,19,20). The molecular formula is C14H10BrN3O2. The molecule has 100 valence electrons. The monoisotopic (exact) mass is 331 g/mol. The third kappa shape index (κ3) is 3.33. The van der Waals surface area contributed by atoms with Gasteiger partial charge in [-0.25, -0.2) is 4.79 Å². The molecule has 0 bridgehead atoms. The van der Waals surface area contributed by atoms with E-state index in [2.05, 4.69) is 32.3 Å². The Bertz CT molecular complexity index is 695. The third-order valence-electron chi connectivity index (χ3n) is 2.63. The van der Waals surface area contributed by atoms with E-state index in [1.54, 1.807) is 18.2 Å². The van der Waals surface area contributed by atoms with Crippen LogP contribution >= 0.6 is 15.9 Å². The second kappa shape index (κ2) is 6.17. The van der Waals surface area contributed by atoms with Crippen LogP contribution in [0.4, 0.5) is 5.69 Å². The van der Waals surface area contributed by atoms with E-state index in [4.69, 9.17) is 10.4 Å². The molecule has 6 heteroatoms. The molecule has 1 heterocycles. The Balaban J connectivity index is 2.17. The van der Waals surface area contributed by atoms with E-state index in [9.17, 15) is 4.79 Å². The molecule has 0 aliphatic heterocycles. The van der Waals surface area contributed by atoms with E-state index in [0.717, 1.165) is 4.47 Å². The molecule has 5 nitrogen and oxygen atoms in total. The predicted octanol–water partition coefficient (Wildman–Crippen LogP) is 3.03. The van der Waals surface area contributed by atoms with Crippen LogP contribution in [0.25, 0.3) is 0 Å². The van der Waals surface area contributed by atoms with Crippen LogP contribution in [0.1, 0.15) is 21.6 Å². The van der Waals surface area contributed by atoms with E-state index in [0.29, 0.717) is 23.5 Å². The van der Waals surface area contributed by atoms with Crippen molar-refractivity contribution < 1.29 is 9.90 Å². The van der Waals surface area contributed by atoms with E-state index >= 15 is 0 Å². The van der Waals surface area contributed by atoms with Gasteiger partial charge in [0.1, 0.15) is 6.07 Å². The normalized spacial score (nSPS) is 9.80. The van der Waals surface area contributed by atoms with Crippen molar-refractivity contribution in [1.29, 1.82) is 5.26 Å². The smallest absolute Gasteiger partial charge is 0.335 e. The zero-order valence-electron chi connectivity index (χ0n) is 10.3. The van der Waals surface area contributed by atoms with Gasteiger partial charge in [-0.15, -0.1) is 0 Å². The molecule has 20 heavy (non-hydrogen) atoms. The molecule has 0 radical (unpaired) electrons. The quantitative estimate of drug-likeness (QED) is 0.899. The van der Waals surface area contributed by atoms with Gasteiger partial charge in [0.25, 0.3) is 0 Å². The average molecular weight is 332 g/mol. The van der Waals surface area contributed by atoms with Crippen molar-refractivity contribution >= 4 is 27.6 Å². The zero-order chi connectivity index (χ0) is 14.5. The number of nitrogens with zero attached hydrogens (tertiary/aromatic N) is 2. The van der Waals surface area contributed by atoms with Gasteiger partial charge < -0.3 is 10.4 Å². The van der Waals surface area contributed by atoms with Crippen LogP contribution in [0.3, 0.4) is 0 Å². The fraction of sp³-hybridized carbons (Fsp3) is 0.0714. The van der Waals surface area contributed by atoms with Crippen LogP contribution in [0.15, 0.2) is 41.0 Å². The molecule has 0 atom stereocenters. The van der Waals surface area contributed by atoms with Crippen molar-refractivity contribution in [1.82, 2.24) is 4.98 Å².